The number of thioether (sulfide) groups is 1. The number of esters is 1. The van der Waals surface area contributed by atoms with Crippen molar-refractivity contribution in [2.75, 3.05) is 19.5 Å². The van der Waals surface area contributed by atoms with E-state index in [1.165, 1.54) is 11.3 Å². The van der Waals surface area contributed by atoms with Crippen molar-refractivity contribution < 1.29 is 24.2 Å². The van der Waals surface area contributed by atoms with E-state index in [9.17, 15) is 14.4 Å². The van der Waals surface area contributed by atoms with Gasteiger partial charge in [0.25, 0.3) is 5.56 Å². The summed E-state index contributed by atoms with van der Waals surface area (Å²) < 4.78 is 12.8. The zero-order valence-electron chi connectivity index (χ0n) is 22.3. The summed E-state index contributed by atoms with van der Waals surface area (Å²) in [6, 6.07) is 23.2. The number of ether oxygens (including phenoxy) is 2. The molecule has 0 aliphatic carbocycles. The van der Waals surface area contributed by atoms with E-state index in [1.54, 1.807) is 53.6 Å². The minimum Gasteiger partial charge on any atom is -0.482 e. The lowest BCUT2D eigenvalue weighted by Gasteiger charge is -2.26. The van der Waals surface area contributed by atoms with Crippen LogP contribution in [0.5, 0.6) is 5.75 Å². The van der Waals surface area contributed by atoms with Gasteiger partial charge in [0.1, 0.15) is 5.75 Å². The fourth-order valence-corrected chi connectivity index (χ4v) is 5.94. The highest BCUT2D eigenvalue weighted by Crippen LogP contribution is 2.35. The third-order valence-corrected chi connectivity index (χ3v) is 8.05. The van der Waals surface area contributed by atoms with Crippen molar-refractivity contribution in [3.63, 3.8) is 0 Å². The van der Waals surface area contributed by atoms with Gasteiger partial charge >= 0.3 is 11.9 Å². The molecule has 0 unspecified atom stereocenters. The Morgan fingerprint density at radius 2 is 1.83 bits per heavy atom. The Kier molecular flexibility index (Phi) is 8.51. The lowest BCUT2D eigenvalue weighted by atomic mass is 9.93. The molecule has 1 aliphatic rings. The van der Waals surface area contributed by atoms with E-state index >= 15 is 0 Å². The van der Waals surface area contributed by atoms with Crippen LogP contribution in [-0.2, 0) is 14.3 Å². The summed E-state index contributed by atoms with van der Waals surface area (Å²) in [5.74, 6) is -1.25. The maximum Gasteiger partial charge on any atom is 0.341 e. The summed E-state index contributed by atoms with van der Waals surface area (Å²) in [7, 11) is 0. The van der Waals surface area contributed by atoms with E-state index in [1.807, 2.05) is 60.9 Å². The van der Waals surface area contributed by atoms with Gasteiger partial charge < -0.3 is 14.6 Å². The summed E-state index contributed by atoms with van der Waals surface area (Å²) in [6.07, 6.45) is 3.69. The Labute approximate surface area is 243 Å². The van der Waals surface area contributed by atoms with Crippen LogP contribution in [0.15, 0.2) is 99.1 Å². The van der Waals surface area contributed by atoms with Gasteiger partial charge in [-0.25, -0.2) is 14.6 Å². The normalized spacial score (nSPS) is 14.8. The molecule has 0 amide bonds. The van der Waals surface area contributed by atoms with Gasteiger partial charge in [-0.2, -0.15) is 0 Å². The van der Waals surface area contributed by atoms with Crippen LogP contribution in [0, 0.1) is 0 Å². The summed E-state index contributed by atoms with van der Waals surface area (Å²) >= 11 is 2.82. The fraction of sp³-hybridized carbons (Fsp3) is 0.161. The molecule has 41 heavy (non-hydrogen) atoms. The molecule has 1 aliphatic heterocycles. The molecule has 5 rings (SSSR count). The zero-order valence-corrected chi connectivity index (χ0v) is 23.9. The van der Waals surface area contributed by atoms with Gasteiger partial charge in [-0.05, 0) is 54.6 Å². The molecule has 3 aromatic carbocycles. The number of aromatic nitrogens is 1. The molecule has 0 radical (unpaired) electrons. The number of fused-ring (bicyclic) bond motifs is 1. The first-order chi connectivity index (χ1) is 19.9. The number of carboxylic acids is 1. The molecule has 208 valence electrons. The minimum absolute atomic E-state index is 0.174. The molecule has 1 atom stereocenters. The van der Waals surface area contributed by atoms with E-state index in [0.717, 1.165) is 16.0 Å². The van der Waals surface area contributed by atoms with Crippen molar-refractivity contribution in [3.8, 4) is 5.75 Å². The summed E-state index contributed by atoms with van der Waals surface area (Å²) in [5.41, 5.74) is 2.59. The Morgan fingerprint density at radius 3 is 2.51 bits per heavy atom. The van der Waals surface area contributed by atoms with Crippen LogP contribution < -0.4 is 19.6 Å². The molecule has 4 aromatic rings. The highest BCUT2D eigenvalue weighted by Gasteiger charge is 2.35. The van der Waals surface area contributed by atoms with Crippen molar-refractivity contribution in [1.82, 2.24) is 4.57 Å². The second kappa shape index (κ2) is 12.4. The molecule has 0 saturated carbocycles. The highest BCUT2D eigenvalue weighted by atomic mass is 32.2. The van der Waals surface area contributed by atoms with Gasteiger partial charge in [0.05, 0.1) is 28.5 Å². The summed E-state index contributed by atoms with van der Waals surface area (Å²) in [6.45, 7) is 1.44. The molecular formula is C31H26N2O6S2. The zero-order chi connectivity index (χ0) is 28.9. The monoisotopic (exact) mass is 586 g/mol. The largest absolute Gasteiger partial charge is 0.482 e. The maximum absolute atomic E-state index is 14.0. The number of carbonyl (C=O) groups is 2. The van der Waals surface area contributed by atoms with E-state index < -0.39 is 24.6 Å². The third-order valence-electron chi connectivity index (χ3n) is 6.32. The van der Waals surface area contributed by atoms with E-state index in [0.29, 0.717) is 26.3 Å². The molecule has 2 heterocycles. The standard InChI is InChI=1S/C31H26N2O6S2/c1-3-38-30(37)26-27(20-9-5-4-6-10-20)32-31-33(28(26)21-12-14-23(40-2)15-13-21)29(36)24(41-31)17-19-8-7-11-22(16-19)39-18-25(34)35/h4-17,28H,3,18H2,1-2H3,(H,34,35)/b24-17-/t28-/m0/s1. The van der Waals surface area contributed by atoms with Crippen LogP contribution in [0.3, 0.4) is 0 Å². The third kappa shape index (κ3) is 6.03. The topological polar surface area (TPSA) is 107 Å². The Morgan fingerprint density at radius 1 is 1.07 bits per heavy atom. The van der Waals surface area contributed by atoms with Crippen molar-refractivity contribution in [3.05, 3.63) is 121 Å². The summed E-state index contributed by atoms with van der Waals surface area (Å²) in [5, 5.41) is 8.93. The molecule has 0 saturated heterocycles. The SMILES string of the molecule is CCOC(=O)C1=C(c2ccccc2)N=c2s/c(=C\c3cccc(OCC(=O)O)c3)c(=O)n2[C@H]1c1ccc(SC)cc1. The predicted molar refractivity (Wildman–Crippen MR) is 159 cm³/mol. The molecule has 0 fully saturated rings. The first kappa shape index (κ1) is 28.1. The minimum atomic E-state index is -1.08. The molecule has 8 nitrogen and oxygen atoms in total. The van der Waals surface area contributed by atoms with Crippen molar-refractivity contribution in [2.45, 2.75) is 17.9 Å². The van der Waals surface area contributed by atoms with E-state index in [2.05, 4.69) is 0 Å². The number of carbonyl (C=O) groups excluding carboxylic acids is 1. The maximum atomic E-state index is 14.0. The Hall–Kier alpha value is -4.41. The quantitative estimate of drug-likeness (QED) is 0.232. The van der Waals surface area contributed by atoms with E-state index in [-0.39, 0.29) is 17.7 Å². The van der Waals surface area contributed by atoms with Crippen LogP contribution >= 0.6 is 23.1 Å². The van der Waals surface area contributed by atoms with Gasteiger partial charge in [-0.3, -0.25) is 9.36 Å². The second-order valence-corrected chi connectivity index (χ2v) is 10.8. The smallest absolute Gasteiger partial charge is 0.341 e. The van der Waals surface area contributed by atoms with Gasteiger partial charge in [-0.1, -0.05) is 65.9 Å². The average molecular weight is 587 g/mol. The van der Waals surface area contributed by atoms with Crippen molar-refractivity contribution >= 4 is 46.8 Å². The predicted octanol–water partition coefficient (Wildman–Crippen LogP) is 4.12. The van der Waals surface area contributed by atoms with Crippen LogP contribution in [0.1, 0.15) is 29.7 Å². The molecule has 1 aromatic heterocycles. The lowest BCUT2D eigenvalue weighted by Crippen LogP contribution is -2.40. The number of hydrogen-bond donors (Lipinski definition) is 1. The molecule has 10 heteroatoms. The number of aliphatic carboxylic acids is 1. The van der Waals surface area contributed by atoms with Crippen LogP contribution in [-0.4, -0.2) is 41.1 Å². The second-order valence-electron chi connectivity index (χ2n) is 8.96. The highest BCUT2D eigenvalue weighted by molar-refractivity contribution is 7.98. The molecule has 1 N–H and O–H groups in total. The molecule has 0 spiro atoms. The number of rotatable bonds is 9. The number of benzene rings is 3. The number of hydrogen-bond acceptors (Lipinski definition) is 8. The van der Waals surface area contributed by atoms with Crippen LogP contribution in [0.4, 0.5) is 0 Å². The van der Waals surface area contributed by atoms with Gasteiger partial charge in [0.2, 0.25) is 0 Å². The number of carboxylic acid groups (broad SMARTS) is 1. The number of thiazole rings is 1. The summed E-state index contributed by atoms with van der Waals surface area (Å²) in [4.78, 5) is 44.8. The van der Waals surface area contributed by atoms with Crippen molar-refractivity contribution in [1.29, 1.82) is 0 Å². The first-order valence-electron chi connectivity index (χ1n) is 12.8. The molecular weight excluding hydrogens is 560 g/mol. The Balaban J connectivity index is 1.74. The molecule has 0 bridgehead atoms. The van der Waals surface area contributed by atoms with E-state index in [4.69, 9.17) is 19.6 Å². The lowest BCUT2D eigenvalue weighted by molar-refractivity contribution is -0.140. The van der Waals surface area contributed by atoms with Gasteiger partial charge in [0, 0.05) is 10.5 Å². The van der Waals surface area contributed by atoms with Crippen LogP contribution in [0.25, 0.3) is 11.8 Å². The first-order valence-corrected chi connectivity index (χ1v) is 14.8. The van der Waals surface area contributed by atoms with Gasteiger partial charge in [0.15, 0.2) is 11.4 Å². The average Bonchev–Trinajstić information content (AvgIpc) is 3.30. The van der Waals surface area contributed by atoms with Crippen molar-refractivity contribution in [2.24, 2.45) is 4.99 Å². The Bertz CT molecular complexity index is 1810. The number of nitrogens with zero attached hydrogens (tertiary/aromatic N) is 2. The van der Waals surface area contributed by atoms with Crippen LogP contribution in [0.2, 0.25) is 0 Å². The van der Waals surface area contributed by atoms with Gasteiger partial charge in [-0.15, -0.1) is 11.8 Å². The fourth-order valence-electron chi connectivity index (χ4n) is 4.53.